The number of para-hydroxylation sites is 1. The fraction of sp³-hybridized carbons (Fsp3) is 0.167. The summed E-state index contributed by atoms with van der Waals surface area (Å²) in [6.07, 6.45) is 0.799. The van der Waals surface area contributed by atoms with Gasteiger partial charge in [0, 0.05) is 35.4 Å². The normalized spacial score (nSPS) is 10.7. The summed E-state index contributed by atoms with van der Waals surface area (Å²) in [6.45, 7) is 2.74. The van der Waals surface area contributed by atoms with Crippen LogP contribution in [0.5, 0.6) is 0 Å². The molecule has 116 valence electrons. The van der Waals surface area contributed by atoms with Crippen LogP contribution in [0.2, 0.25) is 0 Å². The fourth-order valence-electron chi connectivity index (χ4n) is 2.58. The van der Waals surface area contributed by atoms with E-state index in [9.17, 15) is 10.1 Å². The van der Waals surface area contributed by atoms with Gasteiger partial charge < -0.3 is 5.32 Å². The van der Waals surface area contributed by atoms with Crippen molar-refractivity contribution in [3.8, 4) is 0 Å². The molecule has 23 heavy (non-hydrogen) atoms. The standard InChI is InChI=1S/C18H17N3O2/c1-13-12-18(16-4-2-3-5-17(16)20-13)19-11-10-14-6-8-15(9-7-14)21(22)23/h2-9,12H,10-11H2,1H3,(H,19,20). The van der Waals surface area contributed by atoms with Gasteiger partial charge in [0.2, 0.25) is 0 Å². The maximum absolute atomic E-state index is 10.7. The number of nitrogens with zero attached hydrogens (tertiary/aromatic N) is 2. The Kier molecular flexibility index (Phi) is 4.19. The molecule has 2 aromatic carbocycles. The second-order valence-corrected chi connectivity index (χ2v) is 5.43. The number of fused-ring (bicyclic) bond motifs is 1. The van der Waals surface area contributed by atoms with E-state index in [1.165, 1.54) is 0 Å². The Hall–Kier alpha value is -2.95. The third-order valence-corrected chi connectivity index (χ3v) is 3.72. The topological polar surface area (TPSA) is 68.1 Å². The van der Waals surface area contributed by atoms with Crippen LogP contribution in [0.4, 0.5) is 11.4 Å². The molecule has 0 saturated carbocycles. The van der Waals surface area contributed by atoms with Crippen molar-refractivity contribution in [1.82, 2.24) is 4.98 Å². The van der Waals surface area contributed by atoms with Crippen LogP contribution < -0.4 is 5.32 Å². The van der Waals surface area contributed by atoms with E-state index in [4.69, 9.17) is 0 Å². The maximum atomic E-state index is 10.7. The number of pyridine rings is 1. The first kappa shape index (κ1) is 15.0. The summed E-state index contributed by atoms with van der Waals surface area (Å²) in [5.41, 5.74) is 4.21. The van der Waals surface area contributed by atoms with Gasteiger partial charge in [-0.15, -0.1) is 0 Å². The molecule has 3 aromatic rings. The Morgan fingerprint density at radius 2 is 1.87 bits per heavy atom. The van der Waals surface area contributed by atoms with Gasteiger partial charge in [-0.1, -0.05) is 30.3 Å². The van der Waals surface area contributed by atoms with E-state index < -0.39 is 0 Å². The van der Waals surface area contributed by atoms with E-state index >= 15 is 0 Å². The van der Waals surface area contributed by atoms with Crippen molar-refractivity contribution in [2.75, 3.05) is 11.9 Å². The van der Waals surface area contributed by atoms with Crippen LogP contribution >= 0.6 is 0 Å². The lowest BCUT2D eigenvalue weighted by Gasteiger charge is -2.10. The molecule has 1 aromatic heterocycles. The van der Waals surface area contributed by atoms with E-state index in [2.05, 4.69) is 16.4 Å². The third kappa shape index (κ3) is 3.45. The minimum Gasteiger partial charge on any atom is -0.384 e. The maximum Gasteiger partial charge on any atom is 0.269 e. The highest BCUT2D eigenvalue weighted by Gasteiger charge is 2.05. The highest BCUT2D eigenvalue weighted by Crippen LogP contribution is 2.23. The summed E-state index contributed by atoms with van der Waals surface area (Å²) < 4.78 is 0. The molecular formula is C18H17N3O2. The molecule has 1 N–H and O–H groups in total. The predicted molar refractivity (Wildman–Crippen MR) is 91.8 cm³/mol. The van der Waals surface area contributed by atoms with Crippen molar-refractivity contribution >= 4 is 22.3 Å². The van der Waals surface area contributed by atoms with Crippen molar-refractivity contribution in [2.24, 2.45) is 0 Å². The second kappa shape index (κ2) is 6.44. The Bertz CT molecular complexity index is 845. The van der Waals surface area contributed by atoms with Crippen molar-refractivity contribution in [1.29, 1.82) is 0 Å². The summed E-state index contributed by atoms with van der Waals surface area (Å²) in [4.78, 5) is 14.8. The molecule has 5 nitrogen and oxygen atoms in total. The summed E-state index contributed by atoms with van der Waals surface area (Å²) >= 11 is 0. The predicted octanol–water partition coefficient (Wildman–Crippen LogP) is 4.11. The van der Waals surface area contributed by atoms with Gasteiger partial charge in [-0.25, -0.2) is 0 Å². The number of aromatic nitrogens is 1. The fourth-order valence-corrected chi connectivity index (χ4v) is 2.58. The number of hydrogen-bond donors (Lipinski definition) is 1. The highest BCUT2D eigenvalue weighted by molar-refractivity contribution is 5.91. The average molecular weight is 307 g/mol. The number of rotatable bonds is 5. The number of aryl methyl sites for hydroxylation is 1. The minimum absolute atomic E-state index is 0.123. The third-order valence-electron chi connectivity index (χ3n) is 3.72. The van der Waals surface area contributed by atoms with Crippen molar-refractivity contribution in [3.05, 3.63) is 76.0 Å². The van der Waals surface area contributed by atoms with Gasteiger partial charge in [0.1, 0.15) is 0 Å². The zero-order valence-corrected chi connectivity index (χ0v) is 12.8. The van der Waals surface area contributed by atoms with Crippen LogP contribution in [0.1, 0.15) is 11.3 Å². The minimum atomic E-state index is -0.381. The van der Waals surface area contributed by atoms with Gasteiger partial charge in [0.05, 0.1) is 10.4 Å². The molecule has 0 fully saturated rings. The van der Waals surface area contributed by atoms with Gasteiger partial charge in [-0.3, -0.25) is 15.1 Å². The van der Waals surface area contributed by atoms with Crippen LogP contribution in [0.25, 0.3) is 10.9 Å². The van der Waals surface area contributed by atoms with Gasteiger partial charge >= 0.3 is 0 Å². The first-order valence-electron chi connectivity index (χ1n) is 7.47. The molecule has 0 amide bonds. The highest BCUT2D eigenvalue weighted by atomic mass is 16.6. The SMILES string of the molecule is Cc1cc(NCCc2ccc([N+](=O)[O-])cc2)c2ccccc2n1. The molecule has 0 bridgehead atoms. The smallest absolute Gasteiger partial charge is 0.269 e. The molecule has 0 aliphatic carbocycles. The first-order valence-corrected chi connectivity index (χ1v) is 7.47. The quantitative estimate of drug-likeness (QED) is 0.569. The number of benzene rings is 2. The van der Waals surface area contributed by atoms with Gasteiger partial charge in [0.25, 0.3) is 5.69 Å². The monoisotopic (exact) mass is 307 g/mol. The summed E-state index contributed by atoms with van der Waals surface area (Å²) in [6, 6.07) is 16.8. The molecule has 0 unspecified atom stereocenters. The molecular weight excluding hydrogens is 290 g/mol. The molecule has 0 saturated heterocycles. The Balaban J connectivity index is 1.70. The summed E-state index contributed by atoms with van der Waals surface area (Å²) in [7, 11) is 0. The number of non-ortho nitro benzene ring substituents is 1. The van der Waals surface area contributed by atoms with Crippen LogP contribution in [0.3, 0.4) is 0 Å². The molecule has 0 aliphatic heterocycles. The van der Waals surface area contributed by atoms with E-state index in [1.807, 2.05) is 31.2 Å². The number of nitro benzene ring substituents is 1. The number of nitrogens with one attached hydrogen (secondary N) is 1. The lowest BCUT2D eigenvalue weighted by Crippen LogP contribution is -2.06. The molecule has 0 radical (unpaired) electrons. The van der Waals surface area contributed by atoms with Crippen molar-refractivity contribution in [3.63, 3.8) is 0 Å². The lowest BCUT2D eigenvalue weighted by molar-refractivity contribution is -0.384. The van der Waals surface area contributed by atoms with Crippen molar-refractivity contribution in [2.45, 2.75) is 13.3 Å². The van der Waals surface area contributed by atoms with Gasteiger partial charge in [-0.05, 0) is 31.0 Å². The zero-order valence-electron chi connectivity index (χ0n) is 12.8. The molecule has 3 rings (SSSR count). The number of anilines is 1. The van der Waals surface area contributed by atoms with E-state index in [1.54, 1.807) is 24.3 Å². The number of nitro groups is 1. The summed E-state index contributed by atoms with van der Waals surface area (Å²) in [5.74, 6) is 0. The van der Waals surface area contributed by atoms with Crippen LogP contribution in [-0.4, -0.2) is 16.5 Å². The second-order valence-electron chi connectivity index (χ2n) is 5.43. The molecule has 1 heterocycles. The lowest BCUT2D eigenvalue weighted by atomic mass is 10.1. The van der Waals surface area contributed by atoms with E-state index in [0.717, 1.165) is 40.8 Å². The Morgan fingerprint density at radius 3 is 2.61 bits per heavy atom. The largest absolute Gasteiger partial charge is 0.384 e. The van der Waals surface area contributed by atoms with Crippen LogP contribution in [-0.2, 0) is 6.42 Å². The number of hydrogen-bond acceptors (Lipinski definition) is 4. The first-order chi connectivity index (χ1) is 11.1. The Labute approximate surface area is 134 Å². The van der Waals surface area contributed by atoms with E-state index in [0.29, 0.717) is 0 Å². The molecule has 0 aliphatic rings. The van der Waals surface area contributed by atoms with Crippen molar-refractivity contribution < 1.29 is 4.92 Å². The zero-order chi connectivity index (χ0) is 16.2. The molecule has 0 atom stereocenters. The van der Waals surface area contributed by atoms with Crippen LogP contribution in [0, 0.1) is 17.0 Å². The van der Waals surface area contributed by atoms with E-state index in [-0.39, 0.29) is 10.6 Å². The van der Waals surface area contributed by atoms with Gasteiger partial charge in [0.15, 0.2) is 0 Å². The van der Waals surface area contributed by atoms with Crippen LogP contribution in [0.15, 0.2) is 54.6 Å². The average Bonchev–Trinajstić information content (AvgIpc) is 2.55. The van der Waals surface area contributed by atoms with Gasteiger partial charge in [-0.2, -0.15) is 0 Å². The Morgan fingerprint density at radius 1 is 1.13 bits per heavy atom. The summed E-state index contributed by atoms with van der Waals surface area (Å²) in [5, 5.41) is 15.2. The molecule has 0 spiro atoms. The molecule has 5 heteroatoms.